The van der Waals surface area contributed by atoms with Crippen LogP contribution in [-0.4, -0.2) is 46.3 Å². The van der Waals surface area contributed by atoms with Crippen molar-refractivity contribution in [2.24, 2.45) is 0 Å². The molecule has 3 aromatic carbocycles. The van der Waals surface area contributed by atoms with Gasteiger partial charge >= 0.3 is 0 Å². The number of nitrogens with zero attached hydrogens (tertiary/aromatic N) is 2. The quantitative estimate of drug-likeness (QED) is 0.288. The van der Waals surface area contributed by atoms with Crippen LogP contribution in [0, 0.1) is 0 Å². The molecule has 0 bridgehead atoms. The third-order valence-electron chi connectivity index (χ3n) is 5.99. The molecule has 0 aliphatic carbocycles. The molecule has 178 valence electrons. The molecule has 0 atom stereocenters. The van der Waals surface area contributed by atoms with Crippen molar-refractivity contribution in [3.8, 4) is 45.0 Å². The first-order valence-corrected chi connectivity index (χ1v) is 11.4. The van der Waals surface area contributed by atoms with Crippen molar-refractivity contribution in [3.05, 3.63) is 96.1 Å². The SMILES string of the molecule is CNC(=O)c1ccccc1-c1cc(-c2cccc(-c3cc(-c4ccccc4C(=O)NC)[nH]n3)c2)n[nH]1. The van der Waals surface area contributed by atoms with Crippen molar-refractivity contribution in [2.45, 2.75) is 0 Å². The highest BCUT2D eigenvalue weighted by molar-refractivity contribution is 6.01. The number of aromatic nitrogens is 4. The first kappa shape index (κ1) is 22.8. The Morgan fingerprint density at radius 1 is 0.611 bits per heavy atom. The monoisotopic (exact) mass is 476 g/mol. The lowest BCUT2D eigenvalue weighted by atomic mass is 10.0. The molecular weight excluding hydrogens is 452 g/mol. The first-order chi connectivity index (χ1) is 17.6. The summed E-state index contributed by atoms with van der Waals surface area (Å²) in [7, 11) is 3.22. The Bertz CT molecular complexity index is 1450. The molecule has 36 heavy (non-hydrogen) atoms. The van der Waals surface area contributed by atoms with Gasteiger partial charge in [0.05, 0.1) is 22.8 Å². The van der Waals surface area contributed by atoms with Gasteiger partial charge in [-0.25, -0.2) is 0 Å². The van der Waals surface area contributed by atoms with E-state index in [-0.39, 0.29) is 11.8 Å². The normalized spacial score (nSPS) is 10.7. The van der Waals surface area contributed by atoms with Crippen molar-refractivity contribution in [3.63, 3.8) is 0 Å². The number of aromatic amines is 2. The predicted molar refractivity (Wildman–Crippen MR) is 139 cm³/mol. The molecule has 2 aromatic heterocycles. The first-order valence-electron chi connectivity index (χ1n) is 11.4. The Labute approximate surface area is 207 Å². The van der Waals surface area contributed by atoms with Gasteiger partial charge in [-0.05, 0) is 30.3 Å². The summed E-state index contributed by atoms with van der Waals surface area (Å²) in [5.41, 5.74) is 7.51. The van der Waals surface area contributed by atoms with Crippen LogP contribution < -0.4 is 10.6 Å². The maximum Gasteiger partial charge on any atom is 0.251 e. The molecule has 0 saturated heterocycles. The number of amides is 2. The molecule has 8 heteroatoms. The molecule has 2 heterocycles. The molecule has 0 aliphatic rings. The fourth-order valence-corrected chi connectivity index (χ4v) is 4.15. The van der Waals surface area contributed by atoms with Crippen LogP contribution in [0.3, 0.4) is 0 Å². The number of H-pyrrole nitrogens is 2. The van der Waals surface area contributed by atoms with Crippen LogP contribution in [0.15, 0.2) is 84.9 Å². The zero-order valence-corrected chi connectivity index (χ0v) is 19.8. The van der Waals surface area contributed by atoms with Gasteiger partial charge in [-0.1, -0.05) is 54.6 Å². The van der Waals surface area contributed by atoms with Gasteiger partial charge in [-0.15, -0.1) is 0 Å². The van der Waals surface area contributed by atoms with E-state index in [1.807, 2.05) is 72.8 Å². The molecule has 0 unspecified atom stereocenters. The molecule has 5 aromatic rings. The van der Waals surface area contributed by atoms with E-state index in [2.05, 4.69) is 31.0 Å². The van der Waals surface area contributed by atoms with E-state index < -0.39 is 0 Å². The second-order valence-corrected chi connectivity index (χ2v) is 8.16. The minimum absolute atomic E-state index is 0.156. The summed E-state index contributed by atoms with van der Waals surface area (Å²) in [5, 5.41) is 20.4. The van der Waals surface area contributed by atoms with Crippen LogP contribution in [-0.2, 0) is 0 Å². The largest absolute Gasteiger partial charge is 0.355 e. The Morgan fingerprint density at radius 3 is 1.50 bits per heavy atom. The van der Waals surface area contributed by atoms with Gasteiger partial charge in [0.2, 0.25) is 0 Å². The molecule has 0 fully saturated rings. The van der Waals surface area contributed by atoms with Gasteiger partial charge in [-0.2, -0.15) is 10.2 Å². The van der Waals surface area contributed by atoms with Gasteiger partial charge in [0.25, 0.3) is 11.8 Å². The maximum absolute atomic E-state index is 12.3. The van der Waals surface area contributed by atoms with Crippen molar-refractivity contribution in [1.29, 1.82) is 0 Å². The van der Waals surface area contributed by atoms with Crippen LogP contribution in [0.4, 0.5) is 0 Å². The lowest BCUT2D eigenvalue weighted by molar-refractivity contribution is 0.0955. The van der Waals surface area contributed by atoms with Gasteiger partial charge in [-0.3, -0.25) is 19.8 Å². The summed E-state index contributed by atoms with van der Waals surface area (Å²) in [6.07, 6.45) is 0. The van der Waals surface area contributed by atoms with Crippen molar-refractivity contribution < 1.29 is 9.59 Å². The van der Waals surface area contributed by atoms with Crippen LogP contribution in [0.5, 0.6) is 0 Å². The Balaban J connectivity index is 1.46. The van der Waals surface area contributed by atoms with Crippen molar-refractivity contribution >= 4 is 11.8 Å². The average molecular weight is 477 g/mol. The predicted octanol–water partition coefficient (Wildman–Crippen LogP) is 4.52. The molecule has 2 amide bonds. The number of carbonyl (C=O) groups is 2. The maximum atomic E-state index is 12.3. The summed E-state index contributed by atoms with van der Waals surface area (Å²) in [6, 6.07) is 26.6. The second kappa shape index (κ2) is 9.71. The van der Waals surface area contributed by atoms with E-state index in [9.17, 15) is 9.59 Å². The van der Waals surface area contributed by atoms with Crippen LogP contribution in [0.1, 0.15) is 20.7 Å². The fourth-order valence-electron chi connectivity index (χ4n) is 4.15. The highest BCUT2D eigenvalue weighted by Crippen LogP contribution is 2.31. The Kier molecular flexibility index (Phi) is 6.15. The topological polar surface area (TPSA) is 116 Å². The molecule has 5 rings (SSSR count). The van der Waals surface area contributed by atoms with E-state index in [1.54, 1.807) is 26.2 Å². The van der Waals surface area contributed by atoms with E-state index in [0.29, 0.717) is 11.1 Å². The minimum atomic E-state index is -0.156. The molecule has 0 aliphatic heterocycles. The van der Waals surface area contributed by atoms with Gasteiger partial charge in [0.15, 0.2) is 0 Å². The number of benzene rings is 3. The molecule has 8 nitrogen and oxygen atoms in total. The molecule has 0 saturated carbocycles. The summed E-state index contributed by atoms with van der Waals surface area (Å²) < 4.78 is 0. The number of hydrogen-bond donors (Lipinski definition) is 4. The lowest BCUT2D eigenvalue weighted by Crippen LogP contribution is -2.18. The molecular formula is C28H24N6O2. The van der Waals surface area contributed by atoms with E-state index in [0.717, 1.165) is 45.0 Å². The number of hydrogen-bond acceptors (Lipinski definition) is 4. The van der Waals surface area contributed by atoms with E-state index in [4.69, 9.17) is 0 Å². The van der Waals surface area contributed by atoms with Crippen LogP contribution >= 0.6 is 0 Å². The van der Waals surface area contributed by atoms with Gasteiger partial charge < -0.3 is 10.6 Å². The molecule has 4 N–H and O–H groups in total. The summed E-state index contributed by atoms with van der Waals surface area (Å²) in [4.78, 5) is 24.6. The number of rotatable bonds is 6. The standard InChI is InChI=1S/C28H24N6O2/c1-29-27(35)21-12-5-3-10-19(21)25-15-23(31-33-25)17-8-7-9-18(14-17)24-16-26(34-32-24)20-11-4-6-13-22(20)28(36)30-2/h3-16H,1-2H3,(H,29,35)(H,30,36)(H,31,33)(H,32,34). The number of carbonyl (C=O) groups excluding carboxylic acids is 2. The summed E-state index contributed by atoms with van der Waals surface area (Å²) in [5.74, 6) is -0.313. The highest BCUT2D eigenvalue weighted by atomic mass is 16.2. The minimum Gasteiger partial charge on any atom is -0.355 e. The Hall–Kier alpha value is -4.98. The third kappa shape index (κ3) is 4.27. The second-order valence-electron chi connectivity index (χ2n) is 8.16. The van der Waals surface area contributed by atoms with Gasteiger partial charge in [0, 0.05) is 47.5 Å². The van der Waals surface area contributed by atoms with Crippen molar-refractivity contribution in [2.75, 3.05) is 14.1 Å². The van der Waals surface area contributed by atoms with Crippen molar-refractivity contribution in [1.82, 2.24) is 31.0 Å². The summed E-state index contributed by atoms with van der Waals surface area (Å²) >= 11 is 0. The molecule has 0 spiro atoms. The lowest BCUT2D eigenvalue weighted by Gasteiger charge is -2.06. The third-order valence-corrected chi connectivity index (χ3v) is 5.99. The smallest absolute Gasteiger partial charge is 0.251 e. The zero-order chi connectivity index (χ0) is 25.1. The highest BCUT2D eigenvalue weighted by Gasteiger charge is 2.16. The van der Waals surface area contributed by atoms with E-state index in [1.165, 1.54) is 0 Å². The zero-order valence-electron chi connectivity index (χ0n) is 19.8. The Morgan fingerprint density at radius 2 is 1.06 bits per heavy atom. The fraction of sp³-hybridized carbons (Fsp3) is 0.0714. The average Bonchev–Trinajstić information content (AvgIpc) is 3.63. The summed E-state index contributed by atoms with van der Waals surface area (Å²) in [6.45, 7) is 0. The van der Waals surface area contributed by atoms with Crippen LogP contribution in [0.2, 0.25) is 0 Å². The van der Waals surface area contributed by atoms with E-state index >= 15 is 0 Å². The van der Waals surface area contributed by atoms with Gasteiger partial charge in [0.1, 0.15) is 0 Å². The van der Waals surface area contributed by atoms with Crippen LogP contribution in [0.25, 0.3) is 45.0 Å². The molecule has 0 radical (unpaired) electrons. The number of nitrogens with one attached hydrogen (secondary N) is 4.